The molecule has 0 radical (unpaired) electrons. The number of aryl methyl sites for hydroxylation is 3. The number of benzene rings is 2. The number of alkyl halides is 1. The number of aliphatic hydroxyl groups is 1. The van der Waals surface area contributed by atoms with Crippen LogP contribution in [-0.2, 0) is 16.6 Å². The average Bonchev–Trinajstić information content (AvgIpc) is 2.69. The Morgan fingerprint density at radius 3 is 2.03 bits per heavy atom. The van der Waals surface area contributed by atoms with Crippen LogP contribution < -0.4 is 4.74 Å². The van der Waals surface area contributed by atoms with E-state index in [1.807, 2.05) is 6.92 Å². The van der Waals surface area contributed by atoms with E-state index in [9.17, 15) is 5.11 Å². The Morgan fingerprint density at radius 1 is 0.968 bits per heavy atom. The normalized spacial score (nSPS) is 13.3. The summed E-state index contributed by atoms with van der Waals surface area (Å²) in [6, 6.07) is 13.5. The van der Waals surface area contributed by atoms with Gasteiger partial charge in [0.25, 0.3) is 0 Å². The van der Waals surface area contributed by atoms with Crippen molar-refractivity contribution in [2.75, 3.05) is 11.9 Å². The van der Waals surface area contributed by atoms with Crippen molar-refractivity contribution in [3.63, 3.8) is 0 Å². The summed E-state index contributed by atoms with van der Waals surface area (Å²) in [7, 11) is 0. The molecule has 0 fully saturated rings. The molecule has 4 heteroatoms. The second-order valence-electron chi connectivity index (χ2n) is 9.04. The van der Waals surface area contributed by atoms with Crippen molar-refractivity contribution in [2.24, 2.45) is 0 Å². The smallest absolute Gasteiger partial charge is 0.160 e. The Labute approximate surface area is 197 Å². The molecule has 0 saturated heterocycles. The van der Waals surface area contributed by atoms with Gasteiger partial charge in [-0.25, -0.2) is 0 Å². The van der Waals surface area contributed by atoms with Crippen molar-refractivity contribution < 1.29 is 14.6 Å². The lowest BCUT2D eigenvalue weighted by Crippen LogP contribution is -2.32. The highest BCUT2D eigenvalue weighted by atomic mass is 79.9. The molecule has 1 atom stereocenters. The van der Waals surface area contributed by atoms with Gasteiger partial charge in [-0.05, 0) is 87.8 Å². The largest absolute Gasteiger partial charge is 0.491 e. The summed E-state index contributed by atoms with van der Waals surface area (Å²) < 4.78 is 11.5. The Morgan fingerprint density at radius 2 is 1.55 bits per heavy atom. The van der Waals surface area contributed by atoms with Gasteiger partial charge in [-0.3, -0.25) is 0 Å². The molecule has 0 heterocycles. The maximum atomic E-state index is 9.81. The summed E-state index contributed by atoms with van der Waals surface area (Å²) >= 11 is 3.56. The zero-order valence-electron chi connectivity index (χ0n) is 20.2. The molecule has 0 bridgehead atoms. The first-order valence-corrected chi connectivity index (χ1v) is 12.5. The lowest BCUT2D eigenvalue weighted by molar-refractivity contribution is -0.206. The van der Waals surface area contributed by atoms with Crippen molar-refractivity contribution in [3.8, 4) is 5.75 Å². The molecule has 2 rings (SSSR count). The monoisotopic (exact) mass is 490 g/mol. The highest BCUT2D eigenvalue weighted by Crippen LogP contribution is 2.41. The van der Waals surface area contributed by atoms with Crippen molar-refractivity contribution in [3.05, 3.63) is 64.2 Å². The van der Waals surface area contributed by atoms with Crippen LogP contribution in [0.4, 0.5) is 0 Å². The van der Waals surface area contributed by atoms with Crippen LogP contribution in [-0.4, -0.2) is 28.9 Å². The molecular formula is C27H39BrO3. The van der Waals surface area contributed by atoms with Crippen LogP contribution in [0.3, 0.4) is 0 Å². The lowest BCUT2D eigenvalue weighted by Gasteiger charge is -2.34. The Hall–Kier alpha value is -1.36. The maximum Gasteiger partial charge on any atom is 0.160 e. The van der Waals surface area contributed by atoms with E-state index in [1.165, 1.54) is 22.3 Å². The van der Waals surface area contributed by atoms with E-state index in [0.29, 0.717) is 6.61 Å². The van der Waals surface area contributed by atoms with Gasteiger partial charge in [0.1, 0.15) is 12.4 Å². The fourth-order valence-electron chi connectivity index (χ4n) is 4.45. The molecular weight excluding hydrogens is 452 g/mol. The summed E-state index contributed by atoms with van der Waals surface area (Å²) in [6.45, 7) is 14.4. The highest BCUT2D eigenvalue weighted by Gasteiger charge is 2.31. The first-order valence-electron chi connectivity index (χ1n) is 11.4. The summed E-state index contributed by atoms with van der Waals surface area (Å²) in [5.74, 6) is -0.300. The third-order valence-corrected chi connectivity index (χ3v) is 6.55. The summed E-state index contributed by atoms with van der Waals surface area (Å²) in [6.07, 6.45) is 2.93. The zero-order valence-corrected chi connectivity index (χ0v) is 21.8. The minimum absolute atomic E-state index is 0.0156. The van der Waals surface area contributed by atoms with Crippen LogP contribution >= 0.6 is 15.9 Å². The van der Waals surface area contributed by atoms with Crippen LogP contribution in [0.5, 0.6) is 5.75 Å². The van der Waals surface area contributed by atoms with Crippen molar-refractivity contribution in [1.82, 2.24) is 0 Å². The van der Waals surface area contributed by atoms with E-state index < -0.39 is 5.79 Å². The van der Waals surface area contributed by atoms with Gasteiger partial charge in [-0.2, -0.15) is 0 Å². The molecule has 0 aliphatic heterocycles. The van der Waals surface area contributed by atoms with E-state index >= 15 is 0 Å². The predicted molar refractivity (Wildman–Crippen MR) is 134 cm³/mol. The molecule has 2 aromatic carbocycles. The third kappa shape index (κ3) is 6.57. The van der Waals surface area contributed by atoms with Gasteiger partial charge in [-0.1, -0.05) is 60.1 Å². The van der Waals surface area contributed by atoms with Gasteiger partial charge in [-0.15, -0.1) is 0 Å². The standard InChI is InChI=1S/C27H39BrO3/c1-8-27(9-2,23-11-10-22(14-15-28)19(3)16-23)24-12-13-25(20(4)17-24)30-18-21(5)31-26(6,7)29/h10-13,16-17,21,29H,8-9,14-15,18H2,1-7H3/t21-/m0/s1. The Kier molecular flexibility index (Phi) is 9.17. The molecule has 0 spiro atoms. The maximum absolute atomic E-state index is 9.81. The first-order chi connectivity index (χ1) is 14.6. The molecule has 0 unspecified atom stereocenters. The number of hydrogen-bond acceptors (Lipinski definition) is 3. The molecule has 2 aromatic rings. The van der Waals surface area contributed by atoms with Gasteiger partial charge in [0, 0.05) is 10.7 Å². The highest BCUT2D eigenvalue weighted by molar-refractivity contribution is 9.09. The number of ether oxygens (including phenoxy) is 2. The molecule has 31 heavy (non-hydrogen) atoms. The van der Waals surface area contributed by atoms with E-state index in [0.717, 1.165) is 35.9 Å². The zero-order chi connectivity index (χ0) is 23.2. The molecule has 0 saturated carbocycles. The molecule has 0 aliphatic carbocycles. The molecule has 172 valence electrons. The second-order valence-corrected chi connectivity index (χ2v) is 9.83. The van der Waals surface area contributed by atoms with Gasteiger partial charge < -0.3 is 14.6 Å². The number of halogens is 1. The number of rotatable bonds is 11. The van der Waals surface area contributed by atoms with Gasteiger partial charge in [0.2, 0.25) is 0 Å². The fraction of sp³-hybridized carbons (Fsp3) is 0.556. The minimum atomic E-state index is -1.16. The first kappa shape index (κ1) is 25.9. The van der Waals surface area contributed by atoms with E-state index in [1.54, 1.807) is 13.8 Å². The molecule has 0 amide bonds. The lowest BCUT2D eigenvalue weighted by atomic mass is 9.70. The quantitative estimate of drug-likeness (QED) is 0.276. The van der Waals surface area contributed by atoms with Crippen LogP contribution in [0.2, 0.25) is 0 Å². The Bertz CT molecular complexity index is 850. The van der Waals surface area contributed by atoms with Crippen LogP contribution in [0.15, 0.2) is 36.4 Å². The van der Waals surface area contributed by atoms with E-state index in [4.69, 9.17) is 9.47 Å². The van der Waals surface area contributed by atoms with Crippen LogP contribution in [0, 0.1) is 13.8 Å². The van der Waals surface area contributed by atoms with Crippen molar-refractivity contribution in [2.45, 2.75) is 85.0 Å². The Balaban J connectivity index is 2.29. The van der Waals surface area contributed by atoms with Crippen molar-refractivity contribution in [1.29, 1.82) is 0 Å². The topological polar surface area (TPSA) is 38.7 Å². The SMILES string of the molecule is CCC(CC)(c1ccc(CCBr)c(C)c1)c1ccc(OC[C@H](C)OC(C)(C)O)c(C)c1. The van der Waals surface area contributed by atoms with Crippen LogP contribution in [0.1, 0.15) is 75.3 Å². The number of hydrogen-bond donors (Lipinski definition) is 1. The average molecular weight is 492 g/mol. The fourth-order valence-corrected chi connectivity index (χ4v) is 4.88. The second kappa shape index (κ2) is 11.0. The molecule has 0 aliphatic rings. The van der Waals surface area contributed by atoms with E-state index in [2.05, 4.69) is 80.0 Å². The summed E-state index contributed by atoms with van der Waals surface area (Å²) in [5.41, 5.74) is 6.58. The molecule has 3 nitrogen and oxygen atoms in total. The third-order valence-electron chi connectivity index (χ3n) is 6.16. The van der Waals surface area contributed by atoms with E-state index in [-0.39, 0.29) is 11.5 Å². The predicted octanol–water partition coefficient (Wildman–Crippen LogP) is 6.86. The van der Waals surface area contributed by atoms with Gasteiger partial charge in [0.15, 0.2) is 5.79 Å². The molecule has 1 N–H and O–H groups in total. The minimum Gasteiger partial charge on any atom is -0.491 e. The summed E-state index contributed by atoms with van der Waals surface area (Å²) in [4.78, 5) is 0. The molecule has 0 aromatic heterocycles. The van der Waals surface area contributed by atoms with Gasteiger partial charge >= 0.3 is 0 Å². The van der Waals surface area contributed by atoms with Gasteiger partial charge in [0.05, 0.1) is 6.10 Å². The van der Waals surface area contributed by atoms with Crippen LogP contribution in [0.25, 0.3) is 0 Å². The van der Waals surface area contributed by atoms with Crippen molar-refractivity contribution >= 4 is 15.9 Å². The summed E-state index contributed by atoms with van der Waals surface area (Å²) in [5, 5.41) is 10.8.